The van der Waals surface area contributed by atoms with E-state index in [9.17, 15) is 0 Å². The minimum absolute atomic E-state index is 0.343. The quantitative estimate of drug-likeness (QED) is 0.870. The van der Waals surface area contributed by atoms with Crippen LogP contribution in [-0.4, -0.2) is 33.9 Å². The monoisotopic (exact) mass is 325 g/mol. The van der Waals surface area contributed by atoms with Crippen molar-refractivity contribution in [3.63, 3.8) is 0 Å². The molecule has 0 saturated carbocycles. The molecular formula is C12H16BrN5O. The number of halogens is 1. The van der Waals surface area contributed by atoms with E-state index < -0.39 is 0 Å². The summed E-state index contributed by atoms with van der Waals surface area (Å²) < 4.78 is 7.86. The van der Waals surface area contributed by atoms with Gasteiger partial charge in [-0.15, -0.1) is 5.10 Å². The van der Waals surface area contributed by atoms with Crippen LogP contribution in [0, 0.1) is 0 Å². The third kappa shape index (κ3) is 2.93. The predicted molar refractivity (Wildman–Crippen MR) is 76.6 cm³/mol. The lowest BCUT2D eigenvalue weighted by Gasteiger charge is -2.24. The van der Waals surface area contributed by atoms with Crippen molar-refractivity contribution in [2.75, 3.05) is 19.5 Å². The molecule has 0 amide bonds. The van der Waals surface area contributed by atoms with E-state index in [2.05, 4.69) is 31.5 Å². The molecule has 1 heterocycles. The van der Waals surface area contributed by atoms with Crippen molar-refractivity contribution >= 4 is 21.6 Å². The van der Waals surface area contributed by atoms with Gasteiger partial charge in [-0.05, 0) is 42.5 Å². The third-order valence-corrected chi connectivity index (χ3v) is 3.18. The van der Waals surface area contributed by atoms with Crippen molar-refractivity contribution in [3.05, 3.63) is 22.7 Å². The zero-order chi connectivity index (χ0) is 14.0. The topological polar surface area (TPSA) is 78.8 Å². The lowest BCUT2D eigenvalue weighted by molar-refractivity contribution is 0.101. The number of methoxy groups -OCH3 is 1. The molecule has 1 aromatic heterocycles. The molecule has 0 unspecified atom stereocenters. The normalized spacial score (nSPS) is 11.8. The van der Waals surface area contributed by atoms with E-state index in [1.807, 2.05) is 32.0 Å². The molecule has 2 rings (SSSR count). The highest BCUT2D eigenvalue weighted by Crippen LogP contribution is 2.27. The zero-order valence-corrected chi connectivity index (χ0v) is 12.7. The van der Waals surface area contributed by atoms with Crippen LogP contribution in [0.5, 0.6) is 0 Å². The molecule has 2 aromatic rings. The van der Waals surface area contributed by atoms with E-state index >= 15 is 0 Å². The van der Waals surface area contributed by atoms with Crippen LogP contribution in [0.1, 0.15) is 13.8 Å². The largest absolute Gasteiger partial charge is 0.399 e. The molecule has 7 heteroatoms. The Balaban J connectivity index is 2.50. The molecule has 1 aromatic carbocycles. The number of aromatic nitrogens is 4. The number of anilines is 1. The first-order chi connectivity index (χ1) is 8.94. The maximum Gasteiger partial charge on any atom is 0.182 e. The molecule has 0 saturated heterocycles. The zero-order valence-electron chi connectivity index (χ0n) is 11.1. The van der Waals surface area contributed by atoms with Crippen molar-refractivity contribution < 1.29 is 4.74 Å². The molecule has 0 aliphatic carbocycles. The Kier molecular flexibility index (Phi) is 3.86. The number of nitrogens with two attached hydrogens (primary N) is 1. The molecule has 0 atom stereocenters. The second-order valence-electron chi connectivity index (χ2n) is 4.93. The van der Waals surface area contributed by atoms with Gasteiger partial charge in [0, 0.05) is 22.8 Å². The smallest absolute Gasteiger partial charge is 0.182 e. The average Bonchev–Trinajstić information content (AvgIpc) is 2.76. The standard InChI is InChI=1S/C12H16BrN5O/c1-12(2,7-19-3)18-11(15-16-17-18)8-4-9(13)6-10(14)5-8/h4-6H,7,14H2,1-3H3. The number of hydrogen-bond donors (Lipinski definition) is 1. The molecule has 0 radical (unpaired) electrons. The summed E-state index contributed by atoms with van der Waals surface area (Å²) in [5.74, 6) is 0.662. The molecule has 0 bridgehead atoms. The van der Waals surface area contributed by atoms with E-state index in [1.54, 1.807) is 11.8 Å². The van der Waals surface area contributed by atoms with Crippen molar-refractivity contribution in [1.29, 1.82) is 0 Å². The van der Waals surface area contributed by atoms with Gasteiger partial charge in [0.2, 0.25) is 0 Å². The fraction of sp³-hybridized carbons (Fsp3) is 0.417. The first-order valence-corrected chi connectivity index (χ1v) is 6.57. The number of hydrogen-bond acceptors (Lipinski definition) is 5. The van der Waals surface area contributed by atoms with E-state index in [-0.39, 0.29) is 5.54 Å². The fourth-order valence-corrected chi connectivity index (χ4v) is 2.44. The van der Waals surface area contributed by atoms with Gasteiger partial charge in [0.25, 0.3) is 0 Å². The Labute approximate surface area is 120 Å². The van der Waals surface area contributed by atoms with Crippen LogP contribution in [0.25, 0.3) is 11.4 Å². The summed E-state index contributed by atoms with van der Waals surface area (Å²) in [7, 11) is 1.66. The van der Waals surface area contributed by atoms with Crippen LogP contribution in [-0.2, 0) is 10.3 Å². The van der Waals surface area contributed by atoms with Gasteiger partial charge in [-0.1, -0.05) is 15.9 Å². The maximum absolute atomic E-state index is 5.85. The SMILES string of the molecule is COCC(C)(C)n1nnnc1-c1cc(N)cc(Br)c1. The Morgan fingerprint density at radius 3 is 2.74 bits per heavy atom. The van der Waals surface area contributed by atoms with Gasteiger partial charge in [0.1, 0.15) is 0 Å². The van der Waals surface area contributed by atoms with Gasteiger partial charge < -0.3 is 10.5 Å². The van der Waals surface area contributed by atoms with Gasteiger partial charge in [0.15, 0.2) is 5.82 Å². The van der Waals surface area contributed by atoms with Gasteiger partial charge in [-0.2, -0.15) is 0 Å². The predicted octanol–water partition coefficient (Wildman–Crippen LogP) is 2.07. The van der Waals surface area contributed by atoms with Gasteiger partial charge in [-0.25, -0.2) is 4.68 Å². The van der Waals surface area contributed by atoms with Crippen molar-refractivity contribution in [3.8, 4) is 11.4 Å². The van der Waals surface area contributed by atoms with Crippen molar-refractivity contribution in [2.45, 2.75) is 19.4 Å². The van der Waals surface area contributed by atoms with Crippen LogP contribution in [0.2, 0.25) is 0 Å². The summed E-state index contributed by atoms with van der Waals surface area (Å²) in [5.41, 5.74) is 7.03. The van der Waals surface area contributed by atoms with E-state index in [4.69, 9.17) is 10.5 Å². The first-order valence-electron chi connectivity index (χ1n) is 5.78. The Morgan fingerprint density at radius 1 is 1.37 bits per heavy atom. The van der Waals surface area contributed by atoms with Gasteiger partial charge >= 0.3 is 0 Å². The molecule has 0 aliphatic heterocycles. The van der Waals surface area contributed by atoms with Crippen molar-refractivity contribution in [1.82, 2.24) is 20.2 Å². The summed E-state index contributed by atoms with van der Waals surface area (Å²) >= 11 is 3.42. The van der Waals surface area contributed by atoms with Crippen LogP contribution in [0.4, 0.5) is 5.69 Å². The molecular weight excluding hydrogens is 310 g/mol. The molecule has 2 N–H and O–H groups in total. The second-order valence-corrected chi connectivity index (χ2v) is 5.85. The lowest BCUT2D eigenvalue weighted by atomic mass is 10.1. The van der Waals surface area contributed by atoms with Crippen LogP contribution in [0.3, 0.4) is 0 Å². The lowest BCUT2D eigenvalue weighted by Crippen LogP contribution is -2.33. The Bertz CT molecular complexity index is 561. The average molecular weight is 326 g/mol. The molecule has 0 fully saturated rings. The number of nitrogen functional groups attached to an aromatic ring is 1. The number of tetrazole rings is 1. The highest BCUT2D eigenvalue weighted by Gasteiger charge is 2.26. The molecule has 0 aliphatic rings. The summed E-state index contributed by atoms with van der Waals surface area (Å²) in [6.07, 6.45) is 0. The molecule has 0 spiro atoms. The summed E-state index contributed by atoms with van der Waals surface area (Å²) in [4.78, 5) is 0. The van der Waals surface area contributed by atoms with Gasteiger partial charge in [0.05, 0.1) is 12.1 Å². The Morgan fingerprint density at radius 2 is 2.11 bits per heavy atom. The number of ether oxygens (including phenoxy) is 1. The molecule has 19 heavy (non-hydrogen) atoms. The van der Waals surface area contributed by atoms with Crippen molar-refractivity contribution in [2.24, 2.45) is 0 Å². The Hall–Kier alpha value is -1.47. The fourth-order valence-electron chi connectivity index (χ4n) is 1.93. The second kappa shape index (κ2) is 5.26. The maximum atomic E-state index is 5.85. The number of benzene rings is 1. The molecule has 6 nitrogen and oxygen atoms in total. The van der Waals surface area contributed by atoms with Crippen LogP contribution >= 0.6 is 15.9 Å². The van der Waals surface area contributed by atoms with Crippen LogP contribution < -0.4 is 5.73 Å². The summed E-state index contributed by atoms with van der Waals surface area (Å²) in [6, 6.07) is 5.61. The molecule has 102 valence electrons. The van der Waals surface area contributed by atoms with E-state index in [0.29, 0.717) is 18.1 Å². The van der Waals surface area contributed by atoms with E-state index in [0.717, 1.165) is 10.0 Å². The summed E-state index contributed by atoms with van der Waals surface area (Å²) in [5, 5.41) is 11.9. The summed E-state index contributed by atoms with van der Waals surface area (Å²) in [6.45, 7) is 4.53. The van der Waals surface area contributed by atoms with Crippen LogP contribution in [0.15, 0.2) is 22.7 Å². The van der Waals surface area contributed by atoms with E-state index in [1.165, 1.54) is 0 Å². The minimum Gasteiger partial charge on any atom is -0.399 e. The third-order valence-electron chi connectivity index (χ3n) is 2.72. The van der Waals surface area contributed by atoms with Gasteiger partial charge in [-0.3, -0.25) is 0 Å². The number of rotatable bonds is 4. The highest BCUT2D eigenvalue weighted by molar-refractivity contribution is 9.10. The first kappa shape index (κ1) is 14.0. The highest BCUT2D eigenvalue weighted by atomic mass is 79.9. The minimum atomic E-state index is -0.343. The number of nitrogens with zero attached hydrogens (tertiary/aromatic N) is 4.